The average molecular weight is 287 g/mol. The average Bonchev–Trinajstić information content (AvgIpc) is 2.44. The molecule has 0 radical (unpaired) electrons. The van der Waals surface area contributed by atoms with Crippen LogP contribution in [0.2, 0.25) is 0 Å². The van der Waals surface area contributed by atoms with Crippen LogP contribution >= 0.6 is 11.8 Å². The van der Waals surface area contributed by atoms with E-state index < -0.39 is 0 Å². The van der Waals surface area contributed by atoms with Gasteiger partial charge in [-0.05, 0) is 50.9 Å². The van der Waals surface area contributed by atoms with Crippen molar-refractivity contribution in [3.63, 3.8) is 0 Å². The van der Waals surface area contributed by atoms with Crippen molar-refractivity contribution in [2.24, 2.45) is 5.92 Å². The Morgan fingerprint density at radius 1 is 1.26 bits per heavy atom. The van der Waals surface area contributed by atoms with E-state index in [1.54, 1.807) is 0 Å². The molecule has 0 bridgehead atoms. The summed E-state index contributed by atoms with van der Waals surface area (Å²) in [5, 5.41) is 3.71. The minimum Gasteiger partial charge on any atom is -0.314 e. The van der Waals surface area contributed by atoms with E-state index >= 15 is 0 Å². The number of nitrogens with zero attached hydrogens (tertiary/aromatic N) is 1. The molecule has 1 saturated heterocycles. The van der Waals surface area contributed by atoms with Gasteiger partial charge < -0.3 is 10.2 Å². The van der Waals surface area contributed by atoms with Crippen molar-refractivity contribution in [3.8, 4) is 0 Å². The van der Waals surface area contributed by atoms with Gasteiger partial charge in [-0.25, -0.2) is 0 Å². The van der Waals surface area contributed by atoms with Crippen molar-refractivity contribution < 1.29 is 0 Å². The Morgan fingerprint density at radius 2 is 1.95 bits per heavy atom. The van der Waals surface area contributed by atoms with Crippen LogP contribution in [0.4, 0.5) is 0 Å². The van der Waals surface area contributed by atoms with E-state index in [1.807, 2.05) is 0 Å². The molecular formula is C16H34N2S. The van der Waals surface area contributed by atoms with Crippen LogP contribution < -0.4 is 5.32 Å². The molecule has 1 N–H and O–H groups in total. The molecule has 114 valence electrons. The molecule has 1 rings (SSSR count). The molecule has 0 amide bonds. The minimum absolute atomic E-state index is 0.476. The first-order valence-electron chi connectivity index (χ1n) is 8.11. The first-order valence-corrected chi connectivity index (χ1v) is 9.34. The van der Waals surface area contributed by atoms with Crippen LogP contribution in [-0.4, -0.2) is 48.1 Å². The Hall–Kier alpha value is 0.270. The van der Waals surface area contributed by atoms with Crippen LogP contribution in [0.25, 0.3) is 0 Å². The molecule has 1 heterocycles. The Kier molecular flexibility index (Phi) is 7.78. The molecule has 0 saturated carbocycles. The minimum atomic E-state index is 0.476. The molecule has 3 heteroatoms. The van der Waals surface area contributed by atoms with Gasteiger partial charge in [-0.1, -0.05) is 27.7 Å². The third-order valence-electron chi connectivity index (χ3n) is 4.88. The topological polar surface area (TPSA) is 15.3 Å². The number of nitrogens with one attached hydrogen (secondary N) is 1. The largest absolute Gasteiger partial charge is 0.314 e. The predicted molar refractivity (Wildman–Crippen MR) is 89.1 cm³/mol. The number of piperidine rings is 1. The van der Waals surface area contributed by atoms with Gasteiger partial charge in [0.15, 0.2) is 0 Å². The summed E-state index contributed by atoms with van der Waals surface area (Å²) in [6, 6.07) is 0.739. The van der Waals surface area contributed by atoms with Crippen LogP contribution in [0.1, 0.15) is 53.4 Å². The van der Waals surface area contributed by atoms with Crippen LogP contribution in [0, 0.1) is 5.92 Å². The zero-order chi connectivity index (χ0) is 14.3. The van der Waals surface area contributed by atoms with Crippen LogP contribution in [-0.2, 0) is 0 Å². The highest BCUT2D eigenvalue weighted by Crippen LogP contribution is 2.32. The maximum absolute atomic E-state index is 3.71. The molecule has 0 aliphatic carbocycles. The van der Waals surface area contributed by atoms with E-state index in [4.69, 9.17) is 0 Å². The van der Waals surface area contributed by atoms with Gasteiger partial charge in [0.25, 0.3) is 0 Å². The molecular weight excluding hydrogens is 252 g/mol. The molecule has 19 heavy (non-hydrogen) atoms. The van der Waals surface area contributed by atoms with Crippen molar-refractivity contribution in [1.29, 1.82) is 0 Å². The maximum atomic E-state index is 3.71. The molecule has 1 fully saturated rings. The zero-order valence-corrected chi connectivity index (χ0v) is 14.5. The van der Waals surface area contributed by atoms with Crippen molar-refractivity contribution in [3.05, 3.63) is 0 Å². The fraction of sp³-hybridized carbons (Fsp3) is 1.00. The van der Waals surface area contributed by atoms with Gasteiger partial charge in [0.1, 0.15) is 0 Å². The van der Waals surface area contributed by atoms with E-state index in [9.17, 15) is 0 Å². The second-order valence-electron chi connectivity index (χ2n) is 6.16. The van der Waals surface area contributed by atoms with E-state index in [0.29, 0.717) is 4.75 Å². The van der Waals surface area contributed by atoms with Gasteiger partial charge in [0.2, 0.25) is 0 Å². The third kappa shape index (κ3) is 4.95. The number of thioether (sulfide) groups is 1. The van der Waals surface area contributed by atoms with Crippen LogP contribution in [0.5, 0.6) is 0 Å². The SMILES string of the molecule is CCCNC1CCN(CC(CC)(CC)SC)CC1C. The van der Waals surface area contributed by atoms with Crippen molar-refractivity contribution in [2.45, 2.75) is 64.2 Å². The van der Waals surface area contributed by atoms with E-state index in [2.05, 4.69) is 55.9 Å². The molecule has 1 aliphatic rings. The van der Waals surface area contributed by atoms with E-state index in [-0.39, 0.29) is 0 Å². The van der Waals surface area contributed by atoms with Crippen LogP contribution in [0.15, 0.2) is 0 Å². The van der Waals surface area contributed by atoms with Crippen molar-refractivity contribution in [1.82, 2.24) is 10.2 Å². The molecule has 0 aromatic rings. The van der Waals surface area contributed by atoms with E-state index in [1.165, 1.54) is 51.9 Å². The summed E-state index contributed by atoms with van der Waals surface area (Å²) in [5.41, 5.74) is 0. The first-order chi connectivity index (χ1) is 9.10. The summed E-state index contributed by atoms with van der Waals surface area (Å²) in [7, 11) is 0. The van der Waals surface area contributed by atoms with Gasteiger partial charge in [-0.3, -0.25) is 0 Å². The fourth-order valence-corrected chi connectivity index (χ4v) is 4.13. The molecule has 2 unspecified atom stereocenters. The number of rotatable bonds is 8. The predicted octanol–water partition coefficient (Wildman–Crippen LogP) is 3.62. The number of hydrogen-bond acceptors (Lipinski definition) is 3. The fourth-order valence-electron chi connectivity index (χ4n) is 3.24. The summed E-state index contributed by atoms with van der Waals surface area (Å²) in [5.74, 6) is 0.786. The second kappa shape index (κ2) is 8.53. The number of hydrogen-bond donors (Lipinski definition) is 1. The Morgan fingerprint density at radius 3 is 2.42 bits per heavy atom. The number of likely N-dealkylation sites (tertiary alicyclic amines) is 1. The lowest BCUT2D eigenvalue weighted by Crippen LogP contribution is -2.51. The Balaban J connectivity index is 2.47. The Labute approximate surface area is 125 Å². The quantitative estimate of drug-likeness (QED) is 0.734. The monoisotopic (exact) mass is 286 g/mol. The Bertz CT molecular complexity index is 233. The molecule has 0 aromatic heterocycles. The first kappa shape index (κ1) is 17.3. The third-order valence-corrected chi connectivity index (χ3v) is 6.45. The second-order valence-corrected chi connectivity index (χ2v) is 7.43. The lowest BCUT2D eigenvalue weighted by molar-refractivity contribution is 0.134. The van der Waals surface area contributed by atoms with Gasteiger partial charge in [-0.2, -0.15) is 11.8 Å². The van der Waals surface area contributed by atoms with E-state index in [0.717, 1.165) is 12.0 Å². The molecule has 0 aromatic carbocycles. The lowest BCUT2D eigenvalue weighted by Gasteiger charge is -2.42. The summed E-state index contributed by atoms with van der Waals surface area (Å²) in [6.45, 7) is 14.3. The smallest absolute Gasteiger partial charge is 0.0279 e. The summed E-state index contributed by atoms with van der Waals surface area (Å²) >= 11 is 2.07. The van der Waals surface area contributed by atoms with Gasteiger partial charge in [-0.15, -0.1) is 0 Å². The molecule has 2 atom stereocenters. The molecule has 0 spiro atoms. The highest BCUT2D eigenvalue weighted by molar-refractivity contribution is 8.00. The van der Waals surface area contributed by atoms with Crippen molar-refractivity contribution in [2.75, 3.05) is 32.4 Å². The van der Waals surface area contributed by atoms with Crippen molar-refractivity contribution >= 4 is 11.8 Å². The summed E-state index contributed by atoms with van der Waals surface area (Å²) < 4.78 is 0.476. The maximum Gasteiger partial charge on any atom is 0.0279 e. The summed E-state index contributed by atoms with van der Waals surface area (Å²) in [4.78, 5) is 2.71. The normalized spacial score (nSPS) is 25.7. The van der Waals surface area contributed by atoms with Gasteiger partial charge in [0.05, 0.1) is 0 Å². The van der Waals surface area contributed by atoms with Gasteiger partial charge >= 0.3 is 0 Å². The molecule has 1 aliphatic heterocycles. The highest BCUT2D eigenvalue weighted by atomic mass is 32.2. The van der Waals surface area contributed by atoms with Crippen LogP contribution in [0.3, 0.4) is 0 Å². The lowest BCUT2D eigenvalue weighted by atomic mass is 9.92. The van der Waals surface area contributed by atoms with Gasteiger partial charge in [0, 0.05) is 23.9 Å². The standard InChI is InChI=1S/C16H34N2S/c1-6-10-17-15-9-11-18(12-14(15)4)13-16(7-2,8-3)19-5/h14-15,17H,6-13H2,1-5H3. The highest BCUT2D eigenvalue weighted by Gasteiger charge is 2.32. The summed E-state index contributed by atoms with van der Waals surface area (Å²) in [6.07, 6.45) is 7.42. The molecule has 2 nitrogen and oxygen atoms in total. The zero-order valence-electron chi connectivity index (χ0n) is 13.7.